The fourth-order valence-electron chi connectivity index (χ4n) is 3.81. The number of hydrogen-bond donors (Lipinski definition) is 1. The van der Waals surface area contributed by atoms with Crippen LogP contribution in [0.2, 0.25) is 0 Å². The average Bonchev–Trinajstić information content (AvgIpc) is 2.23. The summed E-state index contributed by atoms with van der Waals surface area (Å²) in [7, 11) is 0. The number of aliphatic hydroxyl groups is 1. The van der Waals surface area contributed by atoms with Crippen LogP contribution in [0.3, 0.4) is 0 Å². The fraction of sp³-hybridized carbons (Fsp3) is 0.867. The lowest BCUT2D eigenvalue weighted by Crippen LogP contribution is -2.45. The van der Waals surface area contributed by atoms with E-state index in [1.165, 1.54) is 19.3 Å². The van der Waals surface area contributed by atoms with Gasteiger partial charge in [-0.05, 0) is 36.5 Å². The Labute approximate surface area is 99.9 Å². The van der Waals surface area contributed by atoms with Crippen LogP contribution in [0.1, 0.15) is 53.4 Å². The van der Waals surface area contributed by atoms with Gasteiger partial charge in [-0.1, -0.05) is 45.8 Å². The van der Waals surface area contributed by atoms with Crippen molar-refractivity contribution in [1.29, 1.82) is 0 Å². The molecule has 0 heterocycles. The quantitative estimate of drug-likeness (QED) is 0.669. The van der Waals surface area contributed by atoms with Crippen molar-refractivity contribution in [2.24, 2.45) is 22.7 Å². The minimum atomic E-state index is 0.113. The molecule has 2 aliphatic rings. The van der Waals surface area contributed by atoms with Gasteiger partial charge in [0.25, 0.3) is 0 Å². The maximum absolute atomic E-state index is 9.80. The lowest BCUT2D eigenvalue weighted by Gasteiger charge is -2.52. The minimum Gasteiger partial charge on any atom is -0.396 e. The van der Waals surface area contributed by atoms with Gasteiger partial charge < -0.3 is 5.11 Å². The van der Waals surface area contributed by atoms with Crippen molar-refractivity contribution >= 4 is 0 Å². The number of fused-ring (bicyclic) bond motifs is 1. The Balaban J connectivity index is 2.39. The molecule has 0 amide bonds. The summed E-state index contributed by atoms with van der Waals surface area (Å²) >= 11 is 0. The van der Waals surface area contributed by atoms with Crippen molar-refractivity contribution in [2.45, 2.75) is 53.4 Å². The molecule has 2 aliphatic carbocycles. The van der Waals surface area contributed by atoms with Crippen molar-refractivity contribution in [3.63, 3.8) is 0 Å². The molecule has 1 nitrogen and oxygen atoms in total. The van der Waals surface area contributed by atoms with E-state index in [1.807, 2.05) is 0 Å². The van der Waals surface area contributed by atoms with E-state index in [4.69, 9.17) is 0 Å². The van der Waals surface area contributed by atoms with E-state index in [2.05, 4.69) is 33.8 Å². The lowest BCUT2D eigenvalue weighted by atomic mass is 9.53. The first kappa shape index (κ1) is 12.2. The van der Waals surface area contributed by atoms with Gasteiger partial charge in [0.2, 0.25) is 0 Å². The van der Waals surface area contributed by atoms with Gasteiger partial charge in [0, 0.05) is 12.0 Å². The van der Waals surface area contributed by atoms with E-state index in [0.717, 1.165) is 6.42 Å². The van der Waals surface area contributed by atoms with Gasteiger partial charge in [-0.25, -0.2) is 0 Å². The van der Waals surface area contributed by atoms with E-state index >= 15 is 0 Å². The smallest absolute Gasteiger partial charge is 0.0493 e. The van der Waals surface area contributed by atoms with Crippen molar-refractivity contribution in [1.82, 2.24) is 0 Å². The zero-order valence-corrected chi connectivity index (χ0v) is 11.2. The Kier molecular flexibility index (Phi) is 2.94. The summed E-state index contributed by atoms with van der Waals surface area (Å²) in [5.74, 6) is 1.23. The molecule has 0 aromatic rings. The molecule has 0 aromatic heterocycles. The number of allylic oxidation sites excluding steroid dienone is 2. The first-order valence-electron chi connectivity index (χ1n) is 6.73. The molecule has 2 rings (SSSR count). The molecule has 1 saturated carbocycles. The second-order valence-electron chi connectivity index (χ2n) is 6.79. The summed E-state index contributed by atoms with van der Waals surface area (Å²) in [4.78, 5) is 0. The monoisotopic (exact) mass is 222 g/mol. The van der Waals surface area contributed by atoms with E-state index in [-0.39, 0.29) is 5.41 Å². The normalized spacial score (nSPS) is 42.4. The van der Waals surface area contributed by atoms with Gasteiger partial charge in [-0.3, -0.25) is 0 Å². The predicted octanol–water partition coefficient (Wildman–Crippen LogP) is 3.78. The third-order valence-corrected chi connectivity index (χ3v) is 5.41. The molecule has 1 fully saturated rings. The Hall–Kier alpha value is -0.300. The van der Waals surface area contributed by atoms with Gasteiger partial charge in [0.05, 0.1) is 0 Å². The van der Waals surface area contributed by atoms with E-state index in [0.29, 0.717) is 23.9 Å². The molecule has 0 radical (unpaired) electrons. The molecule has 0 aliphatic heterocycles. The molecule has 0 saturated heterocycles. The van der Waals surface area contributed by atoms with Gasteiger partial charge >= 0.3 is 0 Å². The molecule has 3 atom stereocenters. The van der Waals surface area contributed by atoms with Crippen LogP contribution in [0, 0.1) is 22.7 Å². The minimum absolute atomic E-state index is 0.113. The van der Waals surface area contributed by atoms with Crippen molar-refractivity contribution in [3.8, 4) is 0 Å². The molecule has 0 spiro atoms. The third-order valence-electron chi connectivity index (χ3n) is 5.41. The van der Waals surface area contributed by atoms with Crippen molar-refractivity contribution in [2.75, 3.05) is 6.61 Å². The topological polar surface area (TPSA) is 20.2 Å². The average molecular weight is 222 g/mol. The first-order chi connectivity index (χ1) is 7.42. The van der Waals surface area contributed by atoms with E-state index in [1.54, 1.807) is 5.57 Å². The van der Waals surface area contributed by atoms with Gasteiger partial charge in [0.1, 0.15) is 0 Å². The predicted molar refractivity (Wildman–Crippen MR) is 68.2 cm³/mol. The Morgan fingerprint density at radius 1 is 1.38 bits per heavy atom. The lowest BCUT2D eigenvalue weighted by molar-refractivity contribution is 0.00899. The van der Waals surface area contributed by atoms with E-state index in [9.17, 15) is 5.11 Å². The van der Waals surface area contributed by atoms with Gasteiger partial charge in [-0.2, -0.15) is 0 Å². The second-order valence-corrected chi connectivity index (χ2v) is 6.79. The number of aliphatic hydroxyl groups excluding tert-OH is 1. The molecular weight excluding hydrogens is 196 g/mol. The van der Waals surface area contributed by atoms with Crippen molar-refractivity contribution < 1.29 is 5.11 Å². The Morgan fingerprint density at radius 3 is 2.69 bits per heavy atom. The van der Waals surface area contributed by atoms with Crippen LogP contribution in [0.15, 0.2) is 11.6 Å². The summed E-state index contributed by atoms with van der Waals surface area (Å²) < 4.78 is 0. The van der Waals surface area contributed by atoms with Crippen LogP contribution in [-0.2, 0) is 0 Å². The van der Waals surface area contributed by atoms with Crippen LogP contribution in [-0.4, -0.2) is 11.7 Å². The van der Waals surface area contributed by atoms with Gasteiger partial charge in [0.15, 0.2) is 0 Å². The summed E-state index contributed by atoms with van der Waals surface area (Å²) in [5, 5.41) is 9.80. The van der Waals surface area contributed by atoms with Gasteiger partial charge in [-0.15, -0.1) is 0 Å². The fourth-order valence-corrected chi connectivity index (χ4v) is 3.81. The number of rotatable bonds is 1. The molecular formula is C15H26O. The molecule has 0 aromatic carbocycles. The highest BCUT2D eigenvalue weighted by atomic mass is 16.3. The standard InChI is InChI=1S/C15H26O/c1-11-7-8-12-13(15(11,4)10-16)6-5-9-14(12,2)3/h8,11,13,16H,5-7,9-10H2,1-4H3/t11-,13-,15-/m0/s1. The molecule has 1 N–H and O–H groups in total. The SMILES string of the molecule is C[C@H]1CC=C2[C@H](CCCC2(C)C)[C@@]1(C)CO. The molecule has 1 heteroatoms. The zero-order valence-electron chi connectivity index (χ0n) is 11.2. The highest BCUT2D eigenvalue weighted by Gasteiger charge is 2.47. The summed E-state index contributed by atoms with van der Waals surface area (Å²) in [5.41, 5.74) is 2.11. The largest absolute Gasteiger partial charge is 0.396 e. The maximum Gasteiger partial charge on any atom is 0.0493 e. The van der Waals surface area contributed by atoms with E-state index < -0.39 is 0 Å². The number of hydrogen-bond acceptors (Lipinski definition) is 1. The Bertz CT molecular complexity index is 303. The van der Waals surface area contributed by atoms with Crippen LogP contribution in [0.5, 0.6) is 0 Å². The van der Waals surface area contributed by atoms with Crippen LogP contribution in [0.25, 0.3) is 0 Å². The molecule has 16 heavy (non-hydrogen) atoms. The second kappa shape index (κ2) is 3.87. The summed E-state index contributed by atoms with van der Waals surface area (Å²) in [6.45, 7) is 9.67. The highest BCUT2D eigenvalue weighted by Crippen LogP contribution is 2.55. The maximum atomic E-state index is 9.80. The van der Waals surface area contributed by atoms with Crippen LogP contribution < -0.4 is 0 Å². The molecule has 0 bridgehead atoms. The van der Waals surface area contributed by atoms with Crippen LogP contribution >= 0.6 is 0 Å². The highest BCUT2D eigenvalue weighted by molar-refractivity contribution is 5.24. The third kappa shape index (κ3) is 1.64. The van der Waals surface area contributed by atoms with Crippen LogP contribution in [0.4, 0.5) is 0 Å². The summed E-state index contributed by atoms with van der Waals surface area (Å²) in [6.07, 6.45) is 7.53. The molecule has 92 valence electrons. The zero-order chi connectivity index (χ0) is 12.0. The Morgan fingerprint density at radius 2 is 2.06 bits per heavy atom. The molecule has 0 unspecified atom stereocenters. The first-order valence-corrected chi connectivity index (χ1v) is 6.73. The van der Waals surface area contributed by atoms with Crippen molar-refractivity contribution in [3.05, 3.63) is 11.6 Å². The summed E-state index contributed by atoms with van der Waals surface area (Å²) in [6, 6.07) is 0.